The highest BCUT2D eigenvalue weighted by Crippen LogP contribution is 2.44. The third-order valence-electron chi connectivity index (χ3n) is 9.80. The summed E-state index contributed by atoms with van der Waals surface area (Å²) in [6.45, 7) is 4.69. The van der Waals surface area contributed by atoms with Crippen LogP contribution in [0.15, 0.2) is 193 Å². The van der Waals surface area contributed by atoms with Crippen molar-refractivity contribution < 1.29 is 0 Å². The first-order valence-corrected chi connectivity index (χ1v) is 18.0. The standard InChI is InChI=1S/C49H35N5/c1-50-47-41-22-12-13-23-42(41)51-46(48(47)54-32-14-5-15-33-54)39-28-24-34(25-29-39)35-26-30-40(31-27-35)49-52-44(37-18-8-3-9-19-37)43(36-16-6-2-7-17-36)45(53-49)38-20-10-4-11-21-38/h2-32H,1,33H2. The van der Waals surface area contributed by atoms with Gasteiger partial charge in [-0.05, 0) is 35.6 Å². The topological polar surface area (TPSA) is 54.3 Å². The van der Waals surface area contributed by atoms with Gasteiger partial charge in [0.05, 0.1) is 34.0 Å². The highest BCUT2D eigenvalue weighted by Gasteiger charge is 2.22. The second-order valence-corrected chi connectivity index (χ2v) is 13.1. The largest absolute Gasteiger partial charge is 0.341 e. The van der Waals surface area contributed by atoms with Gasteiger partial charge in [-0.2, -0.15) is 0 Å². The molecule has 256 valence electrons. The smallest absolute Gasteiger partial charge is 0.160 e. The summed E-state index contributed by atoms with van der Waals surface area (Å²) in [6, 6.07) is 56.4. The summed E-state index contributed by atoms with van der Waals surface area (Å²) in [4.78, 5) is 22.4. The van der Waals surface area contributed by atoms with E-state index in [0.29, 0.717) is 5.82 Å². The summed E-state index contributed by atoms with van der Waals surface area (Å²) in [7, 11) is 0. The molecule has 0 radical (unpaired) electrons. The maximum Gasteiger partial charge on any atom is 0.160 e. The first-order chi connectivity index (χ1) is 26.7. The van der Waals surface area contributed by atoms with Gasteiger partial charge in [-0.15, -0.1) is 0 Å². The first-order valence-electron chi connectivity index (χ1n) is 18.0. The molecule has 1 aliphatic rings. The minimum atomic E-state index is 0.678. The predicted octanol–water partition coefficient (Wildman–Crippen LogP) is 12.2. The fraction of sp³-hybridized carbons (Fsp3) is 0.0204. The van der Waals surface area contributed by atoms with Gasteiger partial charge < -0.3 is 4.90 Å². The zero-order chi connectivity index (χ0) is 36.3. The van der Waals surface area contributed by atoms with Gasteiger partial charge in [0, 0.05) is 45.9 Å². The second kappa shape index (κ2) is 14.4. The molecule has 5 nitrogen and oxygen atoms in total. The summed E-state index contributed by atoms with van der Waals surface area (Å²) in [5.41, 5.74) is 13.7. The van der Waals surface area contributed by atoms with Crippen molar-refractivity contribution in [3.63, 3.8) is 0 Å². The molecule has 0 amide bonds. The third-order valence-corrected chi connectivity index (χ3v) is 9.80. The molecular formula is C49H35N5. The lowest BCUT2D eigenvalue weighted by atomic mass is 9.94. The molecule has 0 spiro atoms. The van der Waals surface area contributed by atoms with E-state index in [-0.39, 0.29) is 0 Å². The van der Waals surface area contributed by atoms with Crippen LogP contribution in [0.1, 0.15) is 0 Å². The minimum absolute atomic E-state index is 0.678. The molecule has 5 heteroatoms. The number of hydrogen-bond donors (Lipinski definition) is 0. The van der Waals surface area contributed by atoms with Crippen LogP contribution in [0.2, 0.25) is 0 Å². The van der Waals surface area contributed by atoms with E-state index in [1.165, 1.54) is 0 Å². The monoisotopic (exact) mass is 693 g/mol. The number of rotatable bonds is 8. The van der Waals surface area contributed by atoms with E-state index in [1.807, 2.05) is 42.5 Å². The van der Waals surface area contributed by atoms with E-state index in [1.54, 1.807) is 0 Å². The molecule has 0 bridgehead atoms. The zero-order valence-corrected chi connectivity index (χ0v) is 29.5. The predicted molar refractivity (Wildman–Crippen MR) is 225 cm³/mol. The van der Waals surface area contributed by atoms with E-state index in [2.05, 4.69) is 162 Å². The zero-order valence-electron chi connectivity index (χ0n) is 29.5. The van der Waals surface area contributed by atoms with E-state index < -0.39 is 0 Å². The molecule has 0 N–H and O–H groups in total. The Morgan fingerprint density at radius 2 is 0.963 bits per heavy atom. The Morgan fingerprint density at radius 1 is 0.463 bits per heavy atom. The lowest BCUT2D eigenvalue weighted by molar-refractivity contribution is 1.07. The molecule has 0 fully saturated rings. The molecule has 1 aliphatic heterocycles. The quantitative estimate of drug-likeness (QED) is 0.149. The van der Waals surface area contributed by atoms with Gasteiger partial charge in [0.25, 0.3) is 0 Å². The fourth-order valence-electron chi connectivity index (χ4n) is 7.16. The van der Waals surface area contributed by atoms with Crippen molar-refractivity contribution in [2.24, 2.45) is 4.99 Å². The Bertz CT molecular complexity index is 2610. The molecule has 6 aromatic carbocycles. The maximum absolute atomic E-state index is 5.26. The molecule has 54 heavy (non-hydrogen) atoms. The average molecular weight is 694 g/mol. The molecule has 9 rings (SSSR count). The molecule has 0 saturated carbocycles. The van der Waals surface area contributed by atoms with Crippen molar-refractivity contribution in [1.82, 2.24) is 15.0 Å². The molecule has 0 aliphatic carbocycles. The van der Waals surface area contributed by atoms with Gasteiger partial charge in [-0.1, -0.05) is 170 Å². The number of para-hydroxylation sites is 1. The third kappa shape index (κ3) is 6.18. The molecule has 3 heterocycles. The van der Waals surface area contributed by atoms with Crippen LogP contribution in [0, 0.1) is 0 Å². The van der Waals surface area contributed by atoms with Gasteiger partial charge >= 0.3 is 0 Å². The summed E-state index contributed by atoms with van der Waals surface area (Å²) < 4.78 is 0. The summed E-state index contributed by atoms with van der Waals surface area (Å²) in [5.74, 6) is 0.678. The number of anilines is 1. The number of nitrogens with zero attached hydrogens (tertiary/aromatic N) is 5. The molecule has 0 unspecified atom stereocenters. The Morgan fingerprint density at radius 3 is 1.52 bits per heavy atom. The van der Waals surface area contributed by atoms with Crippen molar-refractivity contribution in [2.45, 2.75) is 0 Å². The summed E-state index contributed by atoms with van der Waals surface area (Å²) in [6.07, 6.45) is 8.30. The first kappa shape index (κ1) is 32.7. The summed E-state index contributed by atoms with van der Waals surface area (Å²) >= 11 is 0. The van der Waals surface area contributed by atoms with Crippen molar-refractivity contribution >= 4 is 29.0 Å². The highest BCUT2D eigenvalue weighted by atomic mass is 15.1. The number of benzene rings is 6. The Labute approximate surface area is 315 Å². The Hall–Kier alpha value is -7.24. The molecule has 8 aromatic rings. The van der Waals surface area contributed by atoms with Gasteiger partial charge in [0.2, 0.25) is 0 Å². The molecule has 0 saturated heterocycles. The van der Waals surface area contributed by atoms with Crippen molar-refractivity contribution in [2.75, 3.05) is 11.4 Å². The molecular weight excluding hydrogens is 659 g/mol. The number of hydrogen-bond acceptors (Lipinski definition) is 5. The fourth-order valence-corrected chi connectivity index (χ4v) is 7.16. The Balaban J connectivity index is 1.11. The average Bonchev–Trinajstić information content (AvgIpc) is 3.26. The van der Waals surface area contributed by atoms with Crippen LogP contribution in [0.3, 0.4) is 0 Å². The lowest BCUT2D eigenvalue weighted by Gasteiger charge is -2.26. The highest BCUT2D eigenvalue weighted by molar-refractivity contribution is 6.03. The van der Waals surface area contributed by atoms with Crippen LogP contribution < -0.4 is 4.90 Å². The van der Waals surface area contributed by atoms with Crippen LogP contribution in [-0.4, -0.2) is 28.2 Å². The number of pyridine rings is 1. The Kier molecular flexibility index (Phi) is 8.71. The van der Waals surface area contributed by atoms with Crippen molar-refractivity contribution in [1.29, 1.82) is 0 Å². The van der Waals surface area contributed by atoms with Gasteiger partial charge in [0.15, 0.2) is 5.82 Å². The van der Waals surface area contributed by atoms with Crippen LogP contribution in [0.25, 0.3) is 78.3 Å². The van der Waals surface area contributed by atoms with E-state index in [4.69, 9.17) is 15.0 Å². The van der Waals surface area contributed by atoms with Gasteiger partial charge in [-0.3, -0.25) is 4.99 Å². The number of aliphatic imine (C=N–C) groups is 1. The van der Waals surface area contributed by atoms with Crippen molar-refractivity contribution in [3.8, 4) is 67.4 Å². The van der Waals surface area contributed by atoms with E-state index in [0.717, 1.165) is 90.4 Å². The van der Waals surface area contributed by atoms with Gasteiger partial charge in [0.1, 0.15) is 0 Å². The van der Waals surface area contributed by atoms with Gasteiger partial charge in [-0.25, -0.2) is 15.0 Å². The van der Waals surface area contributed by atoms with Crippen molar-refractivity contribution in [3.05, 3.63) is 188 Å². The van der Waals surface area contributed by atoms with Crippen LogP contribution in [0.4, 0.5) is 11.4 Å². The molecule has 2 aromatic heterocycles. The molecule has 0 atom stereocenters. The SMILES string of the molecule is C=Nc1c(N2C=CC=CC2)c(-c2ccc(-c3ccc(-c4nc(-c5ccccc5)c(-c5ccccc5)c(-c5ccccc5)n4)cc3)cc2)nc2ccccc12. The second-order valence-electron chi connectivity index (χ2n) is 13.1. The van der Waals surface area contributed by atoms with Crippen LogP contribution in [-0.2, 0) is 0 Å². The van der Waals surface area contributed by atoms with Crippen LogP contribution in [0.5, 0.6) is 0 Å². The lowest BCUT2D eigenvalue weighted by Crippen LogP contribution is -2.19. The van der Waals surface area contributed by atoms with Crippen LogP contribution >= 0.6 is 0 Å². The number of aromatic nitrogens is 3. The number of allylic oxidation sites excluding steroid dienone is 2. The summed E-state index contributed by atoms with van der Waals surface area (Å²) in [5, 5.41) is 0.983. The number of fused-ring (bicyclic) bond motifs is 1. The maximum atomic E-state index is 5.26. The van der Waals surface area contributed by atoms with E-state index >= 15 is 0 Å². The van der Waals surface area contributed by atoms with E-state index in [9.17, 15) is 0 Å². The normalized spacial score (nSPS) is 12.3. The minimum Gasteiger partial charge on any atom is -0.341 e.